The molecule has 4 nitrogen and oxygen atoms in total. The predicted octanol–water partition coefficient (Wildman–Crippen LogP) is 3.08. The van der Waals surface area contributed by atoms with Crippen molar-refractivity contribution in [3.8, 4) is 6.07 Å². The number of rotatable bonds is 7. The fourth-order valence-electron chi connectivity index (χ4n) is 1.63. The third-order valence-corrected chi connectivity index (χ3v) is 3.78. The highest BCUT2D eigenvalue weighted by Gasteiger charge is 1.96. The molecule has 20 heavy (non-hydrogen) atoms. The van der Waals surface area contributed by atoms with E-state index in [0.29, 0.717) is 11.5 Å². The minimum atomic E-state index is 0.685. The van der Waals surface area contributed by atoms with Crippen LogP contribution in [0.2, 0.25) is 0 Å². The fourth-order valence-corrected chi connectivity index (χ4v) is 2.55. The highest BCUT2D eigenvalue weighted by Crippen LogP contribution is 2.13. The van der Waals surface area contributed by atoms with Crippen LogP contribution in [0, 0.1) is 11.3 Å². The van der Waals surface area contributed by atoms with Crippen molar-refractivity contribution in [3.63, 3.8) is 0 Å². The number of nitrogens with one attached hydrogen (secondary N) is 1. The highest BCUT2D eigenvalue weighted by molar-refractivity contribution is 7.98. The van der Waals surface area contributed by atoms with Gasteiger partial charge in [0.05, 0.1) is 11.6 Å². The van der Waals surface area contributed by atoms with Crippen LogP contribution in [0.25, 0.3) is 0 Å². The number of thioether (sulfide) groups is 1. The third-order valence-electron chi connectivity index (χ3n) is 2.67. The Labute approximate surface area is 123 Å². The zero-order valence-electron chi connectivity index (χ0n) is 11.1. The van der Waals surface area contributed by atoms with E-state index in [1.165, 1.54) is 5.56 Å². The van der Waals surface area contributed by atoms with Gasteiger partial charge in [0.25, 0.3) is 0 Å². The van der Waals surface area contributed by atoms with Crippen LogP contribution in [-0.4, -0.2) is 22.3 Å². The van der Waals surface area contributed by atoms with Crippen LogP contribution in [-0.2, 0) is 5.75 Å². The van der Waals surface area contributed by atoms with Gasteiger partial charge in [-0.15, -0.1) is 0 Å². The fraction of sp³-hybridized carbons (Fsp3) is 0.267. The van der Waals surface area contributed by atoms with Crippen molar-refractivity contribution >= 4 is 17.7 Å². The second-order valence-corrected chi connectivity index (χ2v) is 5.32. The summed E-state index contributed by atoms with van der Waals surface area (Å²) in [6.07, 6.45) is 4.53. The van der Waals surface area contributed by atoms with Gasteiger partial charge in [0.15, 0.2) is 0 Å². The van der Waals surface area contributed by atoms with E-state index in [1.807, 2.05) is 36.0 Å². The minimum Gasteiger partial charge on any atom is -0.354 e. The predicted molar refractivity (Wildman–Crippen MR) is 82.5 cm³/mol. The van der Waals surface area contributed by atoms with Crippen LogP contribution < -0.4 is 5.32 Å². The molecule has 0 fully saturated rings. The third kappa shape index (κ3) is 4.90. The molecule has 102 valence electrons. The number of nitriles is 1. The summed E-state index contributed by atoms with van der Waals surface area (Å²) >= 11 is 1.89. The Kier molecular flexibility index (Phi) is 5.87. The van der Waals surface area contributed by atoms with Crippen LogP contribution in [0.3, 0.4) is 0 Å². The standard InChI is InChI=1S/C15H16N4S/c16-11-13-3-5-14(6-4-13)12-20-10-2-9-19-15-17-7-1-8-18-15/h1,3-8H,2,9-10,12H2,(H,17,18,19). The van der Waals surface area contributed by atoms with Gasteiger partial charge in [-0.25, -0.2) is 9.97 Å². The Morgan fingerprint density at radius 3 is 2.60 bits per heavy atom. The summed E-state index contributed by atoms with van der Waals surface area (Å²) in [7, 11) is 0. The second kappa shape index (κ2) is 8.18. The van der Waals surface area contributed by atoms with Gasteiger partial charge in [0.2, 0.25) is 5.95 Å². The maximum Gasteiger partial charge on any atom is 0.222 e. The molecule has 0 unspecified atom stereocenters. The molecule has 0 amide bonds. The van der Waals surface area contributed by atoms with Gasteiger partial charge in [0, 0.05) is 24.7 Å². The lowest BCUT2D eigenvalue weighted by Crippen LogP contribution is -2.05. The van der Waals surface area contributed by atoms with Crippen LogP contribution in [0.15, 0.2) is 42.7 Å². The Hall–Kier alpha value is -2.06. The van der Waals surface area contributed by atoms with Gasteiger partial charge in [-0.05, 0) is 35.9 Å². The molecule has 2 rings (SSSR count). The first-order valence-electron chi connectivity index (χ1n) is 6.46. The van der Waals surface area contributed by atoms with E-state index >= 15 is 0 Å². The molecule has 1 aromatic carbocycles. The van der Waals surface area contributed by atoms with Crippen molar-refractivity contribution in [1.82, 2.24) is 9.97 Å². The molecular formula is C15H16N4S. The number of nitrogens with zero attached hydrogens (tertiary/aromatic N) is 3. The molecule has 5 heteroatoms. The Morgan fingerprint density at radius 1 is 1.15 bits per heavy atom. The van der Waals surface area contributed by atoms with E-state index in [4.69, 9.17) is 5.26 Å². The van der Waals surface area contributed by atoms with Gasteiger partial charge < -0.3 is 5.32 Å². The van der Waals surface area contributed by atoms with Crippen molar-refractivity contribution < 1.29 is 0 Å². The van der Waals surface area contributed by atoms with Crippen LogP contribution in [0.5, 0.6) is 0 Å². The van der Waals surface area contributed by atoms with Gasteiger partial charge in [-0.2, -0.15) is 17.0 Å². The molecule has 0 aliphatic rings. The van der Waals surface area contributed by atoms with Gasteiger partial charge >= 0.3 is 0 Å². The summed E-state index contributed by atoms with van der Waals surface area (Å²) in [5.74, 6) is 2.75. The molecule has 0 bridgehead atoms. The summed E-state index contributed by atoms with van der Waals surface area (Å²) in [5, 5.41) is 11.9. The molecular weight excluding hydrogens is 268 g/mol. The summed E-state index contributed by atoms with van der Waals surface area (Å²) < 4.78 is 0. The first kappa shape index (κ1) is 14.4. The lowest BCUT2D eigenvalue weighted by Gasteiger charge is -2.04. The van der Waals surface area contributed by atoms with Crippen molar-refractivity contribution in [2.75, 3.05) is 17.6 Å². The summed E-state index contributed by atoms with van der Waals surface area (Å²) in [4.78, 5) is 8.21. The Bertz CT molecular complexity index is 548. The van der Waals surface area contributed by atoms with Gasteiger partial charge in [-0.3, -0.25) is 0 Å². The maximum absolute atomic E-state index is 8.72. The number of anilines is 1. The van der Waals surface area contributed by atoms with Gasteiger partial charge in [-0.1, -0.05) is 12.1 Å². The van der Waals surface area contributed by atoms with E-state index in [-0.39, 0.29) is 0 Å². The van der Waals surface area contributed by atoms with Crippen molar-refractivity contribution in [2.24, 2.45) is 0 Å². The lowest BCUT2D eigenvalue weighted by atomic mass is 10.2. The molecule has 0 spiro atoms. The zero-order chi connectivity index (χ0) is 14.0. The number of hydrogen-bond donors (Lipinski definition) is 1. The normalized spacial score (nSPS) is 9.95. The zero-order valence-corrected chi connectivity index (χ0v) is 11.9. The molecule has 0 aliphatic carbocycles. The Balaban J connectivity index is 1.58. The molecule has 0 saturated heterocycles. The molecule has 0 atom stereocenters. The largest absolute Gasteiger partial charge is 0.354 e. The van der Waals surface area contributed by atoms with Crippen molar-refractivity contribution in [2.45, 2.75) is 12.2 Å². The molecule has 0 saturated carbocycles. The first-order chi connectivity index (χ1) is 9.88. The molecule has 1 heterocycles. The van der Waals surface area contributed by atoms with Crippen LogP contribution >= 0.6 is 11.8 Å². The van der Waals surface area contributed by atoms with E-state index in [1.54, 1.807) is 18.5 Å². The average Bonchev–Trinajstić information content (AvgIpc) is 2.52. The quantitative estimate of drug-likeness (QED) is 0.792. The molecule has 1 aromatic heterocycles. The SMILES string of the molecule is N#Cc1ccc(CSCCCNc2ncccn2)cc1. The van der Waals surface area contributed by atoms with E-state index in [9.17, 15) is 0 Å². The van der Waals surface area contributed by atoms with E-state index in [0.717, 1.165) is 24.5 Å². The maximum atomic E-state index is 8.72. The number of benzene rings is 1. The first-order valence-corrected chi connectivity index (χ1v) is 7.61. The Morgan fingerprint density at radius 2 is 1.90 bits per heavy atom. The summed E-state index contributed by atoms with van der Waals surface area (Å²) in [6.45, 7) is 0.879. The average molecular weight is 284 g/mol. The topological polar surface area (TPSA) is 61.6 Å². The van der Waals surface area contributed by atoms with Crippen molar-refractivity contribution in [1.29, 1.82) is 5.26 Å². The molecule has 0 radical (unpaired) electrons. The molecule has 1 N–H and O–H groups in total. The molecule has 2 aromatic rings. The second-order valence-electron chi connectivity index (χ2n) is 4.21. The number of hydrogen-bond acceptors (Lipinski definition) is 5. The monoisotopic (exact) mass is 284 g/mol. The summed E-state index contributed by atoms with van der Waals surface area (Å²) in [5.41, 5.74) is 1.97. The van der Waals surface area contributed by atoms with Crippen molar-refractivity contribution in [3.05, 3.63) is 53.9 Å². The minimum absolute atomic E-state index is 0.685. The smallest absolute Gasteiger partial charge is 0.222 e. The number of aromatic nitrogens is 2. The van der Waals surface area contributed by atoms with Gasteiger partial charge in [0.1, 0.15) is 0 Å². The lowest BCUT2D eigenvalue weighted by molar-refractivity contribution is 0.961. The van der Waals surface area contributed by atoms with Crippen LogP contribution in [0.4, 0.5) is 5.95 Å². The van der Waals surface area contributed by atoms with E-state index < -0.39 is 0 Å². The molecule has 0 aliphatic heterocycles. The van der Waals surface area contributed by atoms with E-state index in [2.05, 4.69) is 21.4 Å². The highest BCUT2D eigenvalue weighted by atomic mass is 32.2. The van der Waals surface area contributed by atoms with Crippen LogP contribution in [0.1, 0.15) is 17.5 Å². The summed E-state index contributed by atoms with van der Waals surface area (Å²) in [6, 6.07) is 11.7.